The molecule has 0 spiro atoms. The van der Waals surface area contributed by atoms with Crippen LogP contribution in [0.1, 0.15) is 22.3 Å². The molecule has 3 heterocycles. The second-order valence-corrected chi connectivity index (χ2v) is 8.10. The number of hydrogen-bond donors (Lipinski definition) is 1. The molecule has 0 bridgehead atoms. The highest BCUT2D eigenvalue weighted by Crippen LogP contribution is 2.37. The SMILES string of the molecule is Cc1c(Cl)ccc2c1N=C1CCN(CC(=O)Nc3ccc4c(c3)OCO4)CC1C2=O. The Balaban J connectivity index is 1.27. The Kier molecular flexibility index (Phi) is 4.72. The molecular formula is C22H20ClN3O4. The van der Waals surface area contributed by atoms with Gasteiger partial charge in [-0.1, -0.05) is 11.6 Å². The van der Waals surface area contributed by atoms with E-state index in [2.05, 4.69) is 5.32 Å². The van der Waals surface area contributed by atoms with Crippen LogP contribution in [0.3, 0.4) is 0 Å². The van der Waals surface area contributed by atoms with Gasteiger partial charge in [-0.3, -0.25) is 19.5 Å². The number of carbonyl (C=O) groups excluding carboxylic acids is 2. The summed E-state index contributed by atoms with van der Waals surface area (Å²) in [6.45, 7) is 3.43. The third-order valence-electron chi connectivity index (χ3n) is 5.75. The average Bonchev–Trinajstić information content (AvgIpc) is 3.19. The van der Waals surface area contributed by atoms with Crippen molar-refractivity contribution in [1.82, 2.24) is 4.90 Å². The molecule has 3 aliphatic heterocycles. The molecule has 2 aromatic rings. The number of benzene rings is 2. The predicted octanol–water partition coefficient (Wildman–Crippen LogP) is 3.61. The summed E-state index contributed by atoms with van der Waals surface area (Å²) in [5.74, 6) is 0.887. The number of aliphatic imine (C=N–C) groups is 1. The third kappa shape index (κ3) is 3.34. The number of anilines is 1. The van der Waals surface area contributed by atoms with E-state index in [1.165, 1.54) is 0 Å². The zero-order valence-electron chi connectivity index (χ0n) is 16.4. The molecule has 7 nitrogen and oxygen atoms in total. The van der Waals surface area contributed by atoms with Crippen molar-refractivity contribution in [3.8, 4) is 11.5 Å². The van der Waals surface area contributed by atoms with Crippen molar-refractivity contribution >= 4 is 40.4 Å². The number of carbonyl (C=O) groups is 2. The maximum atomic E-state index is 13.1. The highest BCUT2D eigenvalue weighted by Gasteiger charge is 2.37. The van der Waals surface area contributed by atoms with Crippen LogP contribution in [0, 0.1) is 12.8 Å². The highest BCUT2D eigenvalue weighted by molar-refractivity contribution is 6.32. The first-order valence-electron chi connectivity index (χ1n) is 9.82. The first-order chi connectivity index (χ1) is 14.5. The molecule has 0 radical (unpaired) electrons. The van der Waals surface area contributed by atoms with Gasteiger partial charge in [0, 0.05) is 41.1 Å². The number of ether oxygens (including phenoxy) is 2. The van der Waals surface area contributed by atoms with Crippen molar-refractivity contribution in [3.63, 3.8) is 0 Å². The van der Waals surface area contributed by atoms with Crippen molar-refractivity contribution in [2.75, 3.05) is 31.7 Å². The molecule has 1 N–H and O–H groups in total. The van der Waals surface area contributed by atoms with Gasteiger partial charge in [-0.2, -0.15) is 0 Å². The lowest BCUT2D eigenvalue weighted by molar-refractivity contribution is -0.117. The maximum Gasteiger partial charge on any atom is 0.238 e. The summed E-state index contributed by atoms with van der Waals surface area (Å²) < 4.78 is 10.6. The van der Waals surface area contributed by atoms with Crippen LogP contribution in [0.2, 0.25) is 5.02 Å². The van der Waals surface area contributed by atoms with Gasteiger partial charge in [0.1, 0.15) is 0 Å². The Hall–Kier alpha value is -2.90. The lowest BCUT2D eigenvalue weighted by atomic mass is 9.84. The number of likely N-dealkylation sites (tertiary alicyclic amines) is 1. The highest BCUT2D eigenvalue weighted by atomic mass is 35.5. The summed E-state index contributed by atoms with van der Waals surface area (Å²) in [5, 5.41) is 3.50. The molecular weight excluding hydrogens is 406 g/mol. The van der Waals surface area contributed by atoms with Gasteiger partial charge in [-0.25, -0.2) is 0 Å². The topological polar surface area (TPSA) is 80.2 Å². The number of ketones is 1. The molecule has 154 valence electrons. The molecule has 1 fully saturated rings. The van der Waals surface area contributed by atoms with E-state index in [4.69, 9.17) is 26.1 Å². The summed E-state index contributed by atoms with van der Waals surface area (Å²) in [6.07, 6.45) is 0.652. The zero-order valence-corrected chi connectivity index (χ0v) is 17.2. The fourth-order valence-electron chi connectivity index (χ4n) is 4.14. The Morgan fingerprint density at radius 2 is 2.10 bits per heavy atom. The van der Waals surface area contributed by atoms with Gasteiger partial charge in [0.05, 0.1) is 18.2 Å². The molecule has 2 aromatic carbocycles. The minimum Gasteiger partial charge on any atom is -0.454 e. The number of rotatable bonds is 3. The lowest BCUT2D eigenvalue weighted by Crippen LogP contribution is -2.47. The van der Waals surface area contributed by atoms with Crippen molar-refractivity contribution in [1.29, 1.82) is 0 Å². The monoisotopic (exact) mass is 425 g/mol. The van der Waals surface area contributed by atoms with Crippen molar-refractivity contribution < 1.29 is 19.1 Å². The maximum absolute atomic E-state index is 13.1. The molecule has 8 heteroatoms. The number of nitrogens with one attached hydrogen (secondary N) is 1. The number of nitrogens with zero attached hydrogens (tertiary/aromatic N) is 2. The minimum atomic E-state index is -0.315. The van der Waals surface area contributed by atoms with Gasteiger partial charge in [0.2, 0.25) is 12.7 Å². The van der Waals surface area contributed by atoms with E-state index in [9.17, 15) is 9.59 Å². The molecule has 30 heavy (non-hydrogen) atoms. The van der Waals surface area contributed by atoms with Crippen LogP contribution in [0.15, 0.2) is 35.3 Å². The summed E-state index contributed by atoms with van der Waals surface area (Å²) in [5.41, 5.74) is 3.66. The molecule has 3 aliphatic rings. The Labute approximate surface area is 178 Å². The average molecular weight is 426 g/mol. The van der Waals surface area contributed by atoms with Gasteiger partial charge in [-0.15, -0.1) is 0 Å². The van der Waals surface area contributed by atoms with E-state index in [0.29, 0.717) is 53.0 Å². The van der Waals surface area contributed by atoms with Crippen LogP contribution in [0.4, 0.5) is 11.4 Å². The second-order valence-electron chi connectivity index (χ2n) is 7.69. The summed E-state index contributed by atoms with van der Waals surface area (Å²) in [7, 11) is 0. The fourth-order valence-corrected chi connectivity index (χ4v) is 4.29. The Bertz CT molecular complexity index is 1100. The van der Waals surface area contributed by atoms with E-state index in [1.807, 2.05) is 11.8 Å². The van der Waals surface area contributed by atoms with Crippen molar-refractivity contribution in [2.24, 2.45) is 10.9 Å². The summed E-state index contributed by atoms with van der Waals surface area (Å²) in [6, 6.07) is 8.79. The normalized spacial score (nSPS) is 19.7. The van der Waals surface area contributed by atoms with Crippen molar-refractivity contribution in [2.45, 2.75) is 13.3 Å². The fraction of sp³-hybridized carbons (Fsp3) is 0.318. The lowest BCUT2D eigenvalue weighted by Gasteiger charge is -2.35. The minimum absolute atomic E-state index is 0.0515. The van der Waals surface area contributed by atoms with Crippen molar-refractivity contribution in [3.05, 3.63) is 46.5 Å². The van der Waals surface area contributed by atoms with E-state index in [-0.39, 0.29) is 30.9 Å². The van der Waals surface area contributed by atoms with Crippen LogP contribution < -0.4 is 14.8 Å². The number of fused-ring (bicyclic) bond motifs is 3. The van der Waals surface area contributed by atoms with Crippen LogP contribution in [0.5, 0.6) is 11.5 Å². The molecule has 1 atom stereocenters. The third-order valence-corrected chi connectivity index (χ3v) is 6.16. The van der Waals surface area contributed by atoms with E-state index in [0.717, 1.165) is 11.3 Å². The first kappa shape index (κ1) is 19.1. The molecule has 0 aromatic heterocycles. The number of hydrogen-bond acceptors (Lipinski definition) is 6. The quantitative estimate of drug-likeness (QED) is 0.812. The molecule has 1 unspecified atom stereocenters. The molecule has 0 saturated carbocycles. The van der Waals surface area contributed by atoms with Gasteiger partial charge < -0.3 is 14.8 Å². The van der Waals surface area contributed by atoms with Gasteiger partial charge in [0.25, 0.3) is 0 Å². The van der Waals surface area contributed by atoms with Gasteiger partial charge in [-0.05, 0) is 43.2 Å². The van der Waals surface area contributed by atoms with E-state index in [1.54, 1.807) is 30.3 Å². The van der Waals surface area contributed by atoms with Crippen LogP contribution in [-0.4, -0.2) is 48.7 Å². The molecule has 1 saturated heterocycles. The Morgan fingerprint density at radius 1 is 1.27 bits per heavy atom. The standard InChI is InChI=1S/C22H20ClN3O4/c1-12-16(23)4-3-14-21(12)25-17-6-7-26(9-15(17)22(14)28)10-20(27)24-13-2-5-18-19(8-13)30-11-29-18/h2-5,8,15H,6-7,9-11H2,1H3,(H,24,27). The van der Waals surface area contributed by atoms with E-state index < -0.39 is 0 Å². The molecule has 5 rings (SSSR count). The number of piperidine rings is 1. The van der Waals surface area contributed by atoms with Crippen LogP contribution >= 0.6 is 11.6 Å². The predicted molar refractivity (Wildman–Crippen MR) is 113 cm³/mol. The molecule has 0 aliphatic carbocycles. The van der Waals surface area contributed by atoms with E-state index >= 15 is 0 Å². The summed E-state index contributed by atoms with van der Waals surface area (Å²) >= 11 is 6.20. The number of amides is 1. The largest absolute Gasteiger partial charge is 0.454 e. The van der Waals surface area contributed by atoms with Crippen LogP contribution in [0.25, 0.3) is 0 Å². The smallest absolute Gasteiger partial charge is 0.238 e. The number of Topliss-reactive ketones (excluding diaryl/α,β-unsaturated/α-hetero) is 1. The van der Waals surface area contributed by atoms with Gasteiger partial charge in [0.15, 0.2) is 17.3 Å². The summed E-state index contributed by atoms with van der Waals surface area (Å²) in [4.78, 5) is 32.4. The van der Waals surface area contributed by atoms with Gasteiger partial charge >= 0.3 is 0 Å². The number of halogens is 1. The molecule has 1 amide bonds. The zero-order chi connectivity index (χ0) is 20.8. The second kappa shape index (κ2) is 7.41. The first-order valence-corrected chi connectivity index (χ1v) is 10.2. The van der Waals surface area contributed by atoms with Crippen LogP contribution in [-0.2, 0) is 4.79 Å². The Morgan fingerprint density at radius 3 is 2.97 bits per heavy atom.